The summed E-state index contributed by atoms with van der Waals surface area (Å²) in [5, 5.41) is 10.5. The highest BCUT2D eigenvalue weighted by Gasteiger charge is 2.48. The number of anilines is 1. The molecule has 3 aromatic rings. The molecule has 3 aromatic carbocycles. The van der Waals surface area contributed by atoms with E-state index in [0.29, 0.717) is 42.6 Å². The first-order chi connectivity index (χ1) is 20.9. The van der Waals surface area contributed by atoms with Gasteiger partial charge in [-0.25, -0.2) is 0 Å². The highest BCUT2D eigenvalue weighted by atomic mass is 16.7. The summed E-state index contributed by atoms with van der Waals surface area (Å²) in [6, 6.07) is 19.9. The zero-order chi connectivity index (χ0) is 30.3. The molecule has 3 N–H and O–H groups in total. The number of carbonyl (C=O) groups excluding carboxylic acids is 1. The lowest BCUT2D eigenvalue weighted by Crippen LogP contribution is -2.46. The Hall–Kier alpha value is -4.28. The first kappa shape index (κ1) is 30.2. The molecule has 0 bridgehead atoms. The fourth-order valence-corrected chi connectivity index (χ4v) is 5.92. The SMILES string of the molecule is CCCCN(C(=O)CN1C[C@H](c2ccc3c(c2)OCO3)C(C(=O)O)[C@@H]1COc1ccccc1OC)c1cccc(CN)c1. The number of likely N-dealkylation sites (tertiary alicyclic amines) is 1. The predicted molar refractivity (Wildman–Crippen MR) is 162 cm³/mol. The molecule has 10 nitrogen and oxygen atoms in total. The number of aliphatic carboxylic acids is 1. The Morgan fingerprint density at radius 3 is 2.58 bits per heavy atom. The van der Waals surface area contributed by atoms with E-state index in [1.54, 1.807) is 24.1 Å². The largest absolute Gasteiger partial charge is 0.493 e. The number of rotatable bonds is 13. The second kappa shape index (κ2) is 13.8. The number of amides is 1. The van der Waals surface area contributed by atoms with Crippen LogP contribution in [0.1, 0.15) is 36.8 Å². The number of carboxylic acid groups (broad SMARTS) is 1. The molecule has 1 unspecified atom stereocenters. The lowest BCUT2D eigenvalue weighted by Gasteiger charge is -2.30. The van der Waals surface area contributed by atoms with Crippen LogP contribution in [0.15, 0.2) is 66.7 Å². The summed E-state index contributed by atoms with van der Waals surface area (Å²) < 4.78 is 22.7. The lowest BCUT2D eigenvalue weighted by molar-refractivity contribution is -0.143. The Bertz CT molecular complexity index is 1430. The van der Waals surface area contributed by atoms with Crippen LogP contribution < -0.4 is 29.6 Å². The molecule has 1 fully saturated rings. The Labute approximate surface area is 251 Å². The number of unbranched alkanes of at least 4 members (excludes halogenated alkanes) is 1. The van der Waals surface area contributed by atoms with Gasteiger partial charge in [0, 0.05) is 31.2 Å². The van der Waals surface area contributed by atoms with Crippen molar-refractivity contribution in [2.24, 2.45) is 11.7 Å². The smallest absolute Gasteiger partial charge is 0.308 e. The zero-order valence-corrected chi connectivity index (χ0v) is 24.6. The van der Waals surface area contributed by atoms with Gasteiger partial charge in [0.15, 0.2) is 23.0 Å². The van der Waals surface area contributed by atoms with Crippen LogP contribution in [0.4, 0.5) is 5.69 Å². The van der Waals surface area contributed by atoms with Gasteiger partial charge in [-0.05, 0) is 53.9 Å². The van der Waals surface area contributed by atoms with Crippen molar-refractivity contribution >= 4 is 17.6 Å². The highest BCUT2D eigenvalue weighted by molar-refractivity contribution is 5.95. The van der Waals surface area contributed by atoms with Gasteiger partial charge in [-0.1, -0.05) is 43.7 Å². The third-order valence-electron chi connectivity index (χ3n) is 8.17. The number of ether oxygens (including phenoxy) is 4. The maximum Gasteiger partial charge on any atom is 0.308 e. The molecule has 2 heterocycles. The molecule has 0 radical (unpaired) electrons. The topological polar surface area (TPSA) is 124 Å². The Kier molecular flexibility index (Phi) is 9.68. The molecule has 0 aliphatic carbocycles. The quantitative estimate of drug-likeness (QED) is 0.301. The maximum absolute atomic E-state index is 14.0. The molecule has 43 heavy (non-hydrogen) atoms. The normalized spacial score (nSPS) is 19.3. The molecule has 228 valence electrons. The Morgan fingerprint density at radius 2 is 1.84 bits per heavy atom. The fourth-order valence-electron chi connectivity index (χ4n) is 5.92. The van der Waals surface area contributed by atoms with Crippen molar-refractivity contribution in [3.8, 4) is 23.0 Å². The van der Waals surface area contributed by atoms with E-state index in [2.05, 4.69) is 6.92 Å². The van der Waals surface area contributed by atoms with E-state index in [-0.39, 0.29) is 25.9 Å². The van der Waals surface area contributed by atoms with E-state index in [4.69, 9.17) is 24.7 Å². The lowest BCUT2D eigenvalue weighted by atomic mass is 9.85. The fraction of sp³-hybridized carbons (Fsp3) is 0.394. The number of methoxy groups -OCH3 is 1. The van der Waals surface area contributed by atoms with Crippen LogP contribution in [0.25, 0.3) is 0 Å². The monoisotopic (exact) mass is 589 g/mol. The van der Waals surface area contributed by atoms with Crippen LogP contribution >= 0.6 is 0 Å². The summed E-state index contributed by atoms with van der Waals surface area (Å²) in [4.78, 5) is 30.6. The van der Waals surface area contributed by atoms with Crippen molar-refractivity contribution in [3.05, 3.63) is 77.9 Å². The second-order valence-corrected chi connectivity index (χ2v) is 10.8. The molecular weight excluding hydrogens is 550 g/mol. The first-order valence-electron chi connectivity index (χ1n) is 14.6. The van der Waals surface area contributed by atoms with Crippen molar-refractivity contribution in [1.29, 1.82) is 0 Å². The number of fused-ring (bicyclic) bond motifs is 1. The van der Waals surface area contributed by atoms with E-state index in [1.165, 1.54) is 0 Å². The van der Waals surface area contributed by atoms with Gasteiger partial charge in [-0.3, -0.25) is 14.5 Å². The third kappa shape index (κ3) is 6.71. The van der Waals surface area contributed by atoms with Gasteiger partial charge in [-0.2, -0.15) is 0 Å². The average Bonchev–Trinajstić information content (AvgIpc) is 3.64. The predicted octanol–water partition coefficient (Wildman–Crippen LogP) is 4.26. The summed E-state index contributed by atoms with van der Waals surface area (Å²) in [5.74, 6) is -0.0390. The Balaban J connectivity index is 1.46. The molecule has 3 atom stereocenters. The van der Waals surface area contributed by atoms with Crippen LogP contribution in [-0.2, 0) is 16.1 Å². The molecule has 2 aliphatic rings. The molecule has 1 amide bonds. The number of carbonyl (C=O) groups is 2. The minimum absolute atomic E-state index is 0.0291. The van der Waals surface area contributed by atoms with Crippen molar-refractivity contribution in [3.63, 3.8) is 0 Å². The maximum atomic E-state index is 14.0. The highest BCUT2D eigenvalue weighted by Crippen LogP contribution is 2.42. The first-order valence-corrected chi connectivity index (χ1v) is 14.6. The second-order valence-electron chi connectivity index (χ2n) is 10.8. The number of hydrogen-bond acceptors (Lipinski definition) is 8. The number of carboxylic acids is 1. The van der Waals surface area contributed by atoms with Crippen LogP contribution in [0.5, 0.6) is 23.0 Å². The van der Waals surface area contributed by atoms with Gasteiger partial charge < -0.3 is 34.7 Å². The Morgan fingerprint density at radius 1 is 1.05 bits per heavy atom. The summed E-state index contributed by atoms with van der Waals surface area (Å²) in [6.45, 7) is 3.57. The van der Waals surface area contributed by atoms with Crippen molar-refractivity contribution in [2.75, 3.05) is 45.0 Å². The number of hydrogen-bond donors (Lipinski definition) is 2. The van der Waals surface area contributed by atoms with E-state index in [9.17, 15) is 14.7 Å². The number of nitrogens with two attached hydrogens (primary N) is 1. The van der Waals surface area contributed by atoms with Gasteiger partial charge in [-0.15, -0.1) is 0 Å². The van der Waals surface area contributed by atoms with Gasteiger partial charge >= 0.3 is 5.97 Å². The minimum Gasteiger partial charge on any atom is -0.493 e. The van der Waals surface area contributed by atoms with E-state index in [1.807, 2.05) is 59.5 Å². The van der Waals surface area contributed by atoms with Crippen molar-refractivity contribution in [1.82, 2.24) is 4.90 Å². The molecule has 1 saturated heterocycles. The zero-order valence-electron chi connectivity index (χ0n) is 24.6. The number of nitrogens with zero attached hydrogens (tertiary/aromatic N) is 2. The molecule has 0 spiro atoms. The van der Waals surface area contributed by atoms with Gasteiger partial charge in [0.05, 0.1) is 25.6 Å². The van der Waals surface area contributed by atoms with E-state index in [0.717, 1.165) is 29.7 Å². The molecule has 2 aliphatic heterocycles. The standard InChI is InChI=1S/C33H39N3O7/c1-3-4-14-36(24-9-7-8-22(15-24)17-34)31(37)19-35-18-25(23-12-13-29-30(16-23)43-21-42-29)32(33(38)39)26(35)20-41-28-11-6-5-10-27(28)40-2/h5-13,15-16,25-26,32H,3-4,14,17-21,34H2,1-2H3,(H,38,39)/t25-,26+,32?/m1/s1. The number of benzene rings is 3. The molecule has 0 saturated carbocycles. The summed E-state index contributed by atoms with van der Waals surface area (Å²) in [5.41, 5.74) is 8.42. The van der Waals surface area contributed by atoms with Crippen molar-refractivity contribution < 1.29 is 33.6 Å². The third-order valence-corrected chi connectivity index (χ3v) is 8.17. The average molecular weight is 590 g/mol. The summed E-state index contributed by atoms with van der Waals surface area (Å²) in [6.07, 6.45) is 1.75. The van der Waals surface area contributed by atoms with Crippen LogP contribution in [0.3, 0.4) is 0 Å². The minimum atomic E-state index is -0.954. The van der Waals surface area contributed by atoms with Gasteiger partial charge in [0.2, 0.25) is 12.7 Å². The van der Waals surface area contributed by atoms with Crippen LogP contribution in [0.2, 0.25) is 0 Å². The summed E-state index contributed by atoms with van der Waals surface area (Å²) in [7, 11) is 1.56. The molecule has 5 rings (SSSR count). The number of para-hydroxylation sites is 2. The van der Waals surface area contributed by atoms with Crippen LogP contribution in [-0.4, -0.2) is 68.1 Å². The molecular formula is C33H39N3O7. The molecule has 0 aromatic heterocycles. The molecule has 10 heteroatoms. The van der Waals surface area contributed by atoms with E-state index >= 15 is 0 Å². The summed E-state index contributed by atoms with van der Waals surface area (Å²) >= 11 is 0. The van der Waals surface area contributed by atoms with Crippen LogP contribution in [0, 0.1) is 5.92 Å². The van der Waals surface area contributed by atoms with Gasteiger partial charge in [0.25, 0.3) is 0 Å². The van der Waals surface area contributed by atoms with Gasteiger partial charge in [0.1, 0.15) is 6.61 Å². The van der Waals surface area contributed by atoms with E-state index < -0.39 is 23.8 Å². The van der Waals surface area contributed by atoms with Crippen molar-refractivity contribution in [2.45, 2.75) is 38.3 Å².